The van der Waals surface area contributed by atoms with Gasteiger partial charge in [0, 0.05) is 34.9 Å². The van der Waals surface area contributed by atoms with E-state index in [1.165, 1.54) is 23.1 Å². The number of carboxylic acids is 1. The maximum atomic E-state index is 13.6. The van der Waals surface area contributed by atoms with Crippen LogP contribution in [0.25, 0.3) is 21.0 Å². The van der Waals surface area contributed by atoms with Crippen LogP contribution in [0.4, 0.5) is 11.4 Å². The number of thiazole rings is 1. The minimum atomic E-state index is -0.945. The van der Waals surface area contributed by atoms with E-state index in [9.17, 15) is 14.7 Å². The average molecular weight is 588 g/mol. The number of nitrogens with zero attached hydrogens (tertiary/aromatic N) is 2. The van der Waals surface area contributed by atoms with Crippen LogP contribution in [0.5, 0.6) is 0 Å². The Kier molecular flexibility index (Phi) is 8.49. The summed E-state index contributed by atoms with van der Waals surface area (Å²) in [4.78, 5) is 34.0. The molecule has 1 aromatic heterocycles. The average Bonchev–Trinajstić information content (AvgIpc) is 3.39. The minimum absolute atomic E-state index is 0.268. The lowest BCUT2D eigenvalue weighted by Gasteiger charge is -2.28. The Labute approximate surface area is 248 Å². The molecule has 9 heteroatoms. The van der Waals surface area contributed by atoms with Gasteiger partial charge in [0.25, 0.3) is 5.91 Å². The zero-order chi connectivity index (χ0) is 29.1. The normalized spacial score (nSPS) is 13.7. The number of ether oxygens (including phenoxy) is 1. The predicted molar refractivity (Wildman–Crippen MR) is 167 cm³/mol. The predicted octanol–water partition coefficient (Wildman–Crippen LogP) is 7.14. The van der Waals surface area contributed by atoms with E-state index in [2.05, 4.69) is 10.2 Å². The molecule has 3 aromatic carbocycles. The summed E-state index contributed by atoms with van der Waals surface area (Å²) in [5, 5.41) is 13.3. The van der Waals surface area contributed by atoms with Crippen LogP contribution in [0.3, 0.4) is 0 Å². The number of carboxylic acid groups (broad SMARTS) is 1. The lowest BCUT2D eigenvalue weighted by atomic mass is 10.1. The van der Waals surface area contributed by atoms with E-state index in [1.54, 1.807) is 13.8 Å². The van der Waals surface area contributed by atoms with Gasteiger partial charge in [0.15, 0.2) is 0 Å². The number of morpholine rings is 1. The van der Waals surface area contributed by atoms with Crippen LogP contribution < -0.4 is 10.2 Å². The molecule has 2 N–H and O–H groups in total. The van der Waals surface area contributed by atoms with Gasteiger partial charge in [-0.2, -0.15) is 0 Å². The molecule has 2 heterocycles. The molecule has 0 atom stereocenters. The Hall–Kier alpha value is -3.66. The maximum Gasteiger partial charge on any atom is 0.319 e. The standard InChI is InChI=1S/C32H33N3O4S2/c1-20-5-7-22(8-6-20)28-27(29(36)33-23-9-11-24(12-10-23)35-15-17-39-18-16-35)34-30(40-28)26-14-13-25(19-21(26)2)41-32(3,4)31(37)38/h5-14,19H,15-18H2,1-4H3,(H,33,36)(H,37,38). The monoisotopic (exact) mass is 587 g/mol. The molecule has 0 unspecified atom stereocenters. The number of carbonyl (C=O) groups excluding carboxylic acids is 1. The van der Waals surface area contributed by atoms with Crippen molar-refractivity contribution in [2.45, 2.75) is 37.3 Å². The highest BCUT2D eigenvalue weighted by Gasteiger charge is 2.29. The van der Waals surface area contributed by atoms with Crippen molar-refractivity contribution >= 4 is 46.3 Å². The smallest absolute Gasteiger partial charge is 0.319 e. The first kappa shape index (κ1) is 28.9. The Bertz CT molecular complexity index is 1560. The summed E-state index contributed by atoms with van der Waals surface area (Å²) >= 11 is 2.78. The number of nitrogens with one attached hydrogen (secondary N) is 1. The number of aliphatic carboxylic acids is 1. The fourth-order valence-corrected chi connectivity index (χ4v) is 6.74. The van der Waals surface area contributed by atoms with Gasteiger partial charge in [-0.15, -0.1) is 23.1 Å². The summed E-state index contributed by atoms with van der Waals surface area (Å²) in [5.41, 5.74) is 6.12. The maximum absolute atomic E-state index is 13.6. The number of aryl methyl sites for hydroxylation is 2. The lowest BCUT2D eigenvalue weighted by molar-refractivity contribution is -0.138. The number of benzene rings is 3. The Morgan fingerprint density at radius 1 is 1.00 bits per heavy atom. The molecule has 7 nitrogen and oxygen atoms in total. The van der Waals surface area contributed by atoms with Crippen molar-refractivity contribution in [3.05, 3.63) is 83.6 Å². The van der Waals surface area contributed by atoms with Gasteiger partial charge in [-0.25, -0.2) is 4.98 Å². The van der Waals surface area contributed by atoms with Crippen molar-refractivity contribution in [3.8, 4) is 21.0 Å². The summed E-state index contributed by atoms with van der Waals surface area (Å²) < 4.78 is 4.50. The number of hydrogen-bond acceptors (Lipinski definition) is 7. The third-order valence-electron chi connectivity index (χ3n) is 6.97. The number of aromatic nitrogens is 1. The van der Waals surface area contributed by atoms with Gasteiger partial charge in [0.05, 0.1) is 18.1 Å². The topological polar surface area (TPSA) is 91.8 Å². The largest absolute Gasteiger partial charge is 0.480 e. The van der Waals surface area contributed by atoms with Crippen molar-refractivity contribution in [1.82, 2.24) is 4.98 Å². The number of thioether (sulfide) groups is 1. The minimum Gasteiger partial charge on any atom is -0.480 e. The number of amides is 1. The Balaban J connectivity index is 1.44. The van der Waals surface area contributed by atoms with E-state index >= 15 is 0 Å². The molecule has 1 aliphatic rings. The molecule has 1 amide bonds. The van der Waals surface area contributed by atoms with Crippen molar-refractivity contribution in [1.29, 1.82) is 0 Å². The Morgan fingerprint density at radius 3 is 2.32 bits per heavy atom. The molecule has 0 aliphatic carbocycles. The number of hydrogen-bond donors (Lipinski definition) is 2. The molecule has 0 bridgehead atoms. The first-order valence-corrected chi connectivity index (χ1v) is 15.1. The molecule has 1 fully saturated rings. The van der Waals surface area contributed by atoms with Crippen LogP contribution in [0.15, 0.2) is 71.6 Å². The first-order chi connectivity index (χ1) is 19.6. The van der Waals surface area contributed by atoms with Gasteiger partial charge in [-0.1, -0.05) is 35.9 Å². The van der Waals surface area contributed by atoms with Crippen LogP contribution in [0.1, 0.15) is 35.5 Å². The van der Waals surface area contributed by atoms with Crippen LogP contribution >= 0.6 is 23.1 Å². The quantitative estimate of drug-likeness (QED) is 0.212. The van der Waals surface area contributed by atoms with Crippen LogP contribution in [0.2, 0.25) is 0 Å². The molecule has 0 spiro atoms. The highest BCUT2D eigenvalue weighted by atomic mass is 32.2. The van der Waals surface area contributed by atoms with E-state index in [0.717, 1.165) is 55.8 Å². The van der Waals surface area contributed by atoms with Crippen LogP contribution in [-0.2, 0) is 9.53 Å². The van der Waals surface area contributed by atoms with Crippen LogP contribution in [-0.4, -0.2) is 53.0 Å². The highest BCUT2D eigenvalue weighted by molar-refractivity contribution is 8.01. The number of carbonyl (C=O) groups is 2. The molecule has 41 heavy (non-hydrogen) atoms. The number of anilines is 2. The van der Waals surface area contributed by atoms with E-state index in [-0.39, 0.29) is 5.91 Å². The highest BCUT2D eigenvalue weighted by Crippen LogP contribution is 2.40. The van der Waals surface area contributed by atoms with E-state index in [4.69, 9.17) is 9.72 Å². The molecule has 5 rings (SSSR count). The summed E-state index contributed by atoms with van der Waals surface area (Å²) in [6, 6.07) is 21.8. The van der Waals surface area contributed by atoms with Gasteiger partial charge in [-0.3, -0.25) is 9.59 Å². The van der Waals surface area contributed by atoms with Gasteiger partial charge in [0.1, 0.15) is 15.4 Å². The summed E-state index contributed by atoms with van der Waals surface area (Å²) in [6.07, 6.45) is 0. The second-order valence-corrected chi connectivity index (χ2v) is 13.3. The van der Waals surface area contributed by atoms with Gasteiger partial charge >= 0.3 is 5.97 Å². The number of rotatable bonds is 8. The van der Waals surface area contributed by atoms with Crippen LogP contribution in [0, 0.1) is 13.8 Å². The van der Waals surface area contributed by atoms with Gasteiger partial charge in [-0.05, 0) is 75.2 Å². The van der Waals surface area contributed by atoms with Crippen molar-refractivity contribution in [3.63, 3.8) is 0 Å². The molecular formula is C32H33N3O4S2. The summed E-state index contributed by atoms with van der Waals surface area (Å²) in [7, 11) is 0. The summed E-state index contributed by atoms with van der Waals surface area (Å²) in [6.45, 7) is 10.5. The first-order valence-electron chi connectivity index (χ1n) is 13.5. The second kappa shape index (κ2) is 12.1. The zero-order valence-electron chi connectivity index (χ0n) is 23.6. The fraction of sp³-hybridized carbons (Fsp3) is 0.281. The molecule has 1 saturated heterocycles. The van der Waals surface area contributed by atoms with Crippen molar-refractivity contribution in [2.24, 2.45) is 0 Å². The molecule has 4 aromatic rings. The van der Waals surface area contributed by atoms with E-state index in [1.807, 2.05) is 80.6 Å². The molecule has 0 radical (unpaired) electrons. The van der Waals surface area contributed by atoms with Crippen molar-refractivity contribution in [2.75, 3.05) is 36.5 Å². The lowest BCUT2D eigenvalue weighted by Crippen LogP contribution is -2.36. The second-order valence-electron chi connectivity index (χ2n) is 10.6. The SMILES string of the molecule is Cc1ccc(-c2sc(-c3ccc(SC(C)(C)C(=O)O)cc3C)nc2C(=O)Nc2ccc(N3CCOCC3)cc2)cc1. The third-order valence-corrected chi connectivity index (χ3v) is 9.29. The fourth-order valence-electron chi connectivity index (χ4n) is 4.54. The Morgan fingerprint density at radius 2 is 1.68 bits per heavy atom. The zero-order valence-corrected chi connectivity index (χ0v) is 25.2. The molecule has 1 aliphatic heterocycles. The van der Waals surface area contributed by atoms with Gasteiger partial charge in [0.2, 0.25) is 0 Å². The van der Waals surface area contributed by atoms with E-state index in [0.29, 0.717) is 24.6 Å². The molecule has 0 saturated carbocycles. The van der Waals surface area contributed by atoms with E-state index < -0.39 is 10.7 Å². The van der Waals surface area contributed by atoms with Crippen molar-refractivity contribution < 1.29 is 19.4 Å². The summed E-state index contributed by atoms with van der Waals surface area (Å²) in [5.74, 6) is -1.13. The molecule has 212 valence electrons. The molecular weight excluding hydrogens is 555 g/mol. The third kappa shape index (κ3) is 6.64. The van der Waals surface area contributed by atoms with Gasteiger partial charge < -0.3 is 20.1 Å².